The summed E-state index contributed by atoms with van der Waals surface area (Å²) in [5.74, 6) is 0.493. The molecule has 1 N–H and O–H groups in total. The Morgan fingerprint density at radius 1 is 1.55 bits per heavy atom. The molecule has 0 heterocycles. The van der Waals surface area contributed by atoms with Gasteiger partial charge in [-0.25, -0.2) is 0 Å². The molecule has 0 aliphatic heterocycles. The van der Waals surface area contributed by atoms with Gasteiger partial charge in [0.25, 0.3) is 0 Å². The lowest BCUT2D eigenvalue weighted by Crippen LogP contribution is -2.27. The minimum atomic E-state index is -0.601. The summed E-state index contributed by atoms with van der Waals surface area (Å²) in [5.41, 5.74) is 0.422. The van der Waals surface area contributed by atoms with Crippen LogP contribution in [0.25, 0.3) is 0 Å². The molecule has 1 fully saturated rings. The summed E-state index contributed by atoms with van der Waals surface area (Å²) >= 11 is 0. The van der Waals surface area contributed by atoms with Gasteiger partial charge < -0.3 is 5.11 Å². The molecule has 1 aliphatic rings. The van der Waals surface area contributed by atoms with Gasteiger partial charge in [-0.05, 0) is 31.3 Å². The fraction of sp³-hybridized carbons (Fsp3) is 0.800. The average molecular weight is 154 g/mol. The van der Waals surface area contributed by atoms with Crippen LogP contribution in [0, 0.1) is 5.92 Å². The van der Waals surface area contributed by atoms with Gasteiger partial charge in [0.05, 0.1) is 5.60 Å². The van der Waals surface area contributed by atoms with Crippen molar-refractivity contribution in [2.75, 3.05) is 0 Å². The van der Waals surface area contributed by atoms with Crippen LogP contribution in [0.5, 0.6) is 0 Å². The number of hydrogen-bond donors (Lipinski definition) is 1. The van der Waals surface area contributed by atoms with Gasteiger partial charge in [-0.15, -0.1) is 0 Å². The molecule has 1 saturated carbocycles. The maximum atomic E-state index is 9.89. The minimum absolute atomic E-state index is 0.493. The van der Waals surface area contributed by atoms with Crippen molar-refractivity contribution in [2.45, 2.75) is 45.1 Å². The second-order valence-corrected chi connectivity index (χ2v) is 3.95. The maximum Gasteiger partial charge on any atom is 0.0828 e. The van der Waals surface area contributed by atoms with Crippen molar-refractivity contribution in [2.24, 2.45) is 5.92 Å². The second-order valence-electron chi connectivity index (χ2n) is 3.95. The van der Waals surface area contributed by atoms with Crippen molar-refractivity contribution in [3.8, 4) is 0 Å². The molecule has 2 atom stereocenters. The summed E-state index contributed by atoms with van der Waals surface area (Å²) < 4.78 is 0. The zero-order valence-electron chi connectivity index (χ0n) is 7.56. The lowest BCUT2D eigenvalue weighted by molar-refractivity contribution is 0.0837. The first-order valence-corrected chi connectivity index (χ1v) is 4.45. The predicted molar refractivity (Wildman–Crippen MR) is 47.4 cm³/mol. The van der Waals surface area contributed by atoms with Crippen molar-refractivity contribution >= 4 is 0 Å². The first-order chi connectivity index (χ1) is 5.04. The van der Waals surface area contributed by atoms with Gasteiger partial charge >= 0.3 is 0 Å². The van der Waals surface area contributed by atoms with Crippen LogP contribution in [-0.2, 0) is 0 Å². The van der Waals surface area contributed by atoms with Crippen LogP contribution in [0.15, 0.2) is 12.2 Å². The van der Waals surface area contributed by atoms with Crippen LogP contribution in [0.3, 0.4) is 0 Å². The van der Waals surface area contributed by atoms with Crippen LogP contribution in [-0.4, -0.2) is 10.7 Å². The largest absolute Gasteiger partial charge is 0.386 e. The zero-order valence-corrected chi connectivity index (χ0v) is 7.56. The molecule has 0 aromatic heterocycles. The summed E-state index contributed by atoms with van der Waals surface area (Å²) in [4.78, 5) is 0. The van der Waals surface area contributed by atoms with Gasteiger partial charge in [-0.1, -0.05) is 26.3 Å². The van der Waals surface area contributed by atoms with Crippen LogP contribution in [0.1, 0.15) is 39.5 Å². The van der Waals surface area contributed by atoms with Gasteiger partial charge in [0, 0.05) is 0 Å². The molecule has 0 bridgehead atoms. The SMILES string of the molecule is C=C1C(C)CCCCC1(C)O. The fourth-order valence-electron chi connectivity index (χ4n) is 1.79. The molecule has 0 amide bonds. The van der Waals surface area contributed by atoms with Gasteiger partial charge in [-0.2, -0.15) is 0 Å². The Labute approximate surface area is 69.1 Å². The predicted octanol–water partition coefficient (Wildman–Crippen LogP) is 2.50. The normalized spacial score (nSPS) is 40.3. The summed E-state index contributed by atoms with van der Waals surface area (Å²) in [5, 5.41) is 9.89. The van der Waals surface area contributed by atoms with Crippen LogP contribution >= 0.6 is 0 Å². The highest BCUT2D eigenvalue weighted by molar-refractivity contribution is 5.14. The van der Waals surface area contributed by atoms with E-state index in [1.165, 1.54) is 12.8 Å². The van der Waals surface area contributed by atoms with Crippen LogP contribution in [0.4, 0.5) is 0 Å². The average Bonchev–Trinajstić information content (AvgIpc) is 2.03. The molecule has 1 aliphatic carbocycles. The van der Waals surface area contributed by atoms with Gasteiger partial charge in [-0.3, -0.25) is 0 Å². The Morgan fingerprint density at radius 2 is 2.18 bits per heavy atom. The van der Waals surface area contributed by atoms with E-state index >= 15 is 0 Å². The van der Waals surface area contributed by atoms with E-state index in [4.69, 9.17) is 0 Å². The molecule has 1 nitrogen and oxygen atoms in total. The molecule has 0 saturated heterocycles. The highest BCUT2D eigenvalue weighted by Crippen LogP contribution is 2.33. The molecule has 0 spiro atoms. The van der Waals surface area contributed by atoms with Crippen molar-refractivity contribution in [3.63, 3.8) is 0 Å². The van der Waals surface area contributed by atoms with E-state index in [9.17, 15) is 5.11 Å². The van der Waals surface area contributed by atoms with Crippen molar-refractivity contribution in [1.29, 1.82) is 0 Å². The lowest BCUT2D eigenvalue weighted by atomic mass is 9.87. The van der Waals surface area contributed by atoms with Crippen molar-refractivity contribution in [3.05, 3.63) is 12.2 Å². The molecule has 11 heavy (non-hydrogen) atoms. The summed E-state index contributed by atoms with van der Waals surface area (Å²) in [6.07, 6.45) is 4.44. The van der Waals surface area contributed by atoms with Gasteiger partial charge in [0.1, 0.15) is 0 Å². The Hall–Kier alpha value is -0.300. The van der Waals surface area contributed by atoms with Gasteiger partial charge in [0.15, 0.2) is 0 Å². The third-order valence-electron chi connectivity index (χ3n) is 2.84. The second kappa shape index (κ2) is 2.98. The van der Waals surface area contributed by atoms with E-state index in [2.05, 4.69) is 13.5 Å². The molecule has 1 rings (SSSR count). The number of rotatable bonds is 0. The molecule has 0 radical (unpaired) electrons. The third kappa shape index (κ3) is 1.84. The minimum Gasteiger partial charge on any atom is -0.386 e. The topological polar surface area (TPSA) is 20.2 Å². The number of aliphatic hydroxyl groups is 1. The van der Waals surface area contributed by atoms with Crippen LogP contribution < -0.4 is 0 Å². The Morgan fingerprint density at radius 3 is 2.82 bits per heavy atom. The first kappa shape index (κ1) is 8.79. The maximum absolute atomic E-state index is 9.89. The quantitative estimate of drug-likeness (QED) is 0.420. The van der Waals surface area contributed by atoms with E-state index in [0.717, 1.165) is 18.4 Å². The molecular weight excluding hydrogens is 136 g/mol. The highest BCUT2D eigenvalue weighted by atomic mass is 16.3. The van der Waals surface area contributed by atoms with E-state index in [-0.39, 0.29) is 0 Å². The molecule has 64 valence electrons. The van der Waals surface area contributed by atoms with Gasteiger partial charge in [0.2, 0.25) is 0 Å². The van der Waals surface area contributed by atoms with E-state index in [1.807, 2.05) is 6.92 Å². The van der Waals surface area contributed by atoms with Crippen molar-refractivity contribution in [1.82, 2.24) is 0 Å². The Bertz CT molecular complexity index is 158. The summed E-state index contributed by atoms with van der Waals surface area (Å²) in [6, 6.07) is 0. The lowest BCUT2D eigenvalue weighted by Gasteiger charge is -2.26. The summed E-state index contributed by atoms with van der Waals surface area (Å²) in [6.45, 7) is 8.00. The standard InChI is InChI=1S/C10H18O/c1-8-6-4-5-7-10(3,11)9(8)2/h8,11H,2,4-7H2,1,3H3. The van der Waals surface area contributed by atoms with E-state index in [0.29, 0.717) is 5.92 Å². The molecule has 1 heteroatoms. The fourth-order valence-corrected chi connectivity index (χ4v) is 1.79. The summed E-state index contributed by atoms with van der Waals surface area (Å²) in [7, 11) is 0. The molecular formula is C10H18O. The highest BCUT2D eigenvalue weighted by Gasteiger charge is 2.29. The zero-order chi connectivity index (χ0) is 8.48. The molecule has 0 aromatic rings. The monoisotopic (exact) mass is 154 g/mol. The molecule has 0 aromatic carbocycles. The van der Waals surface area contributed by atoms with Crippen molar-refractivity contribution < 1.29 is 5.11 Å². The Kier molecular flexibility index (Phi) is 2.38. The molecule has 2 unspecified atom stereocenters. The van der Waals surface area contributed by atoms with E-state index in [1.54, 1.807) is 0 Å². The van der Waals surface area contributed by atoms with E-state index < -0.39 is 5.60 Å². The first-order valence-electron chi connectivity index (χ1n) is 4.45. The number of hydrogen-bond acceptors (Lipinski definition) is 1. The Balaban J connectivity index is 2.73. The van der Waals surface area contributed by atoms with Crippen LogP contribution in [0.2, 0.25) is 0 Å². The smallest absolute Gasteiger partial charge is 0.0828 e. The third-order valence-corrected chi connectivity index (χ3v) is 2.84.